The van der Waals surface area contributed by atoms with Crippen LogP contribution >= 0.6 is 0 Å². The molecule has 0 spiro atoms. The quantitative estimate of drug-likeness (QED) is 0.770. The van der Waals surface area contributed by atoms with Crippen LogP contribution in [-0.2, 0) is 26.1 Å². The van der Waals surface area contributed by atoms with Gasteiger partial charge in [-0.15, -0.1) is 10.2 Å². The van der Waals surface area contributed by atoms with Crippen LogP contribution in [0.3, 0.4) is 0 Å². The third-order valence-corrected chi connectivity index (χ3v) is 5.56. The SMILES string of the molecule is CN(Cc1nnc2n1CCCCC2)C[C@@H]1C[C@H](F)CN1Cc1ncccn1. The summed E-state index contributed by atoms with van der Waals surface area (Å²) in [6, 6.07) is 1.97. The second kappa shape index (κ2) is 8.39. The summed E-state index contributed by atoms with van der Waals surface area (Å²) in [6.07, 6.45) is 7.94. The molecule has 7 nitrogen and oxygen atoms in total. The summed E-state index contributed by atoms with van der Waals surface area (Å²) in [7, 11) is 2.08. The zero-order valence-corrected chi connectivity index (χ0v) is 16.0. The second-order valence-electron chi connectivity index (χ2n) is 7.77. The van der Waals surface area contributed by atoms with Crippen molar-refractivity contribution in [2.75, 3.05) is 20.1 Å². The van der Waals surface area contributed by atoms with Crippen molar-refractivity contribution in [3.63, 3.8) is 0 Å². The second-order valence-corrected chi connectivity index (χ2v) is 7.77. The Morgan fingerprint density at radius 3 is 2.89 bits per heavy atom. The first kappa shape index (κ1) is 18.4. The fourth-order valence-electron chi connectivity index (χ4n) is 4.23. The third-order valence-electron chi connectivity index (χ3n) is 5.56. The third kappa shape index (κ3) is 4.50. The molecule has 0 aliphatic carbocycles. The summed E-state index contributed by atoms with van der Waals surface area (Å²) in [5.41, 5.74) is 0. The molecule has 4 heterocycles. The van der Waals surface area contributed by atoms with Crippen LogP contribution in [0.15, 0.2) is 18.5 Å². The van der Waals surface area contributed by atoms with Crippen LogP contribution in [0.5, 0.6) is 0 Å². The lowest BCUT2D eigenvalue weighted by atomic mass is 10.2. The zero-order valence-electron chi connectivity index (χ0n) is 16.0. The smallest absolute Gasteiger partial charge is 0.147 e. The van der Waals surface area contributed by atoms with Gasteiger partial charge in [-0.25, -0.2) is 14.4 Å². The molecule has 4 rings (SSSR count). The van der Waals surface area contributed by atoms with Gasteiger partial charge in [-0.3, -0.25) is 9.80 Å². The number of aromatic nitrogens is 5. The molecule has 2 aromatic rings. The Morgan fingerprint density at radius 2 is 2.04 bits per heavy atom. The molecule has 2 aliphatic rings. The molecule has 0 aromatic carbocycles. The zero-order chi connectivity index (χ0) is 18.6. The van der Waals surface area contributed by atoms with E-state index in [1.54, 1.807) is 18.5 Å². The van der Waals surface area contributed by atoms with Crippen LogP contribution in [0.25, 0.3) is 0 Å². The summed E-state index contributed by atoms with van der Waals surface area (Å²) >= 11 is 0. The van der Waals surface area contributed by atoms with Crippen molar-refractivity contribution < 1.29 is 4.39 Å². The van der Waals surface area contributed by atoms with Gasteiger partial charge in [0.2, 0.25) is 0 Å². The minimum Gasteiger partial charge on any atom is -0.314 e. The highest BCUT2D eigenvalue weighted by Crippen LogP contribution is 2.23. The number of aryl methyl sites for hydroxylation is 1. The minimum atomic E-state index is -0.781. The first-order chi connectivity index (χ1) is 13.2. The van der Waals surface area contributed by atoms with Crippen molar-refractivity contribution in [3.8, 4) is 0 Å². The van der Waals surface area contributed by atoms with E-state index in [4.69, 9.17) is 0 Å². The van der Waals surface area contributed by atoms with Crippen molar-refractivity contribution in [1.82, 2.24) is 34.5 Å². The van der Waals surface area contributed by atoms with Gasteiger partial charge in [0.25, 0.3) is 0 Å². The molecule has 2 aromatic heterocycles. The Hall–Kier alpha value is -1.93. The molecule has 0 bridgehead atoms. The van der Waals surface area contributed by atoms with E-state index in [2.05, 4.69) is 41.6 Å². The topological polar surface area (TPSA) is 63.0 Å². The summed E-state index contributed by atoms with van der Waals surface area (Å²) in [5.74, 6) is 2.90. The van der Waals surface area contributed by atoms with Crippen molar-refractivity contribution >= 4 is 0 Å². The summed E-state index contributed by atoms with van der Waals surface area (Å²) in [6.45, 7) is 3.61. The highest BCUT2D eigenvalue weighted by atomic mass is 19.1. The van der Waals surface area contributed by atoms with Crippen LogP contribution in [-0.4, -0.2) is 66.9 Å². The lowest BCUT2D eigenvalue weighted by Crippen LogP contribution is -2.39. The van der Waals surface area contributed by atoms with Gasteiger partial charge in [-0.05, 0) is 32.4 Å². The standard InChI is InChI=1S/C19H28FN7/c1-25(14-19-24-23-18-6-3-2-4-9-27(18)19)12-16-10-15(20)11-26(16)13-17-21-7-5-8-22-17/h5,7-8,15-16H,2-4,6,9-14H2,1H3/t15-,16-/m0/s1. The van der Waals surface area contributed by atoms with E-state index < -0.39 is 6.17 Å². The molecule has 27 heavy (non-hydrogen) atoms. The fourth-order valence-corrected chi connectivity index (χ4v) is 4.23. The van der Waals surface area contributed by atoms with Gasteiger partial charge in [0, 0.05) is 44.5 Å². The van der Waals surface area contributed by atoms with E-state index in [1.807, 2.05) is 0 Å². The van der Waals surface area contributed by atoms with E-state index in [0.717, 1.165) is 43.5 Å². The Bertz CT molecular complexity index is 735. The maximum Gasteiger partial charge on any atom is 0.147 e. The molecule has 1 saturated heterocycles. The first-order valence-corrected chi connectivity index (χ1v) is 9.92. The number of fused-ring (bicyclic) bond motifs is 1. The van der Waals surface area contributed by atoms with E-state index in [9.17, 15) is 4.39 Å². The average Bonchev–Trinajstić information content (AvgIpc) is 3.09. The van der Waals surface area contributed by atoms with Crippen LogP contribution < -0.4 is 0 Å². The number of alkyl halides is 1. The van der Waals surface area contributed by atoms with Crippen molar-refractivity contribution in [2.45, 2.75) is 64.0 Å². The lowest BCUT2D eigenvalue weighted by Gasteiger charge is -2.27. The summed E-state index contributed by atoms with van der Waals surface area (Å²) < 4.78 is 16.4. The summed E-state index contributed by atoms with van der Waals surface area (Å²) in [4.78, 5) is 13.0. The highest BCUT2D eigenvalue weighted by molar-refractivity contribution is 4.99. The number of hydrogen-bond acceptors (Lipinski definition) is 6. The minimum absolute atomic E-state index is 0.167. The summed E-state index contributed by atoms with van der Waals surface area (Å²) in [5, 5.41) is 8.80. The number of nitrogens with zero attached hydrogens (tertiary/aromatic N) is 7. The monoisotopic (exact) mass is 373 g/mol. The molecule has 146 valence electrons. The van der Waals surface area contributed by atoms with Crippen molar-refractivity contribution in [3.05, 3.63) is 35.9 Å². The van der Waals surface area contributed by atoms with E-state index in [0.29, 0.717) is 19.5 Å². The highest BCUT2D eigenvalue weighted by Gasteiger charge is 2.33. The van der Waals surface area contributed by atoms with Crippen LogP contribution in [0.2, 0.25) is 0 Å². The van der Waals surface area contributed by atoms with Crippen LogP contribution in [0, 0.1) is 0 Å². The number of halogens is 1. The fraction of sp³-hybridized carbons (Fsp3) is 0.684. The normalized spacial score (nSPS) is 23.5. The Kier molecular flexibility index (Phi) is 5.73. The van der Waals surface area contributed by atoms with Gasteiger partial charge in [-0.2, -0.15) is 0 Å². The van der Waals surface area contributed by atoms with Crippen LogP contribution in [0.4, 0.5) is 4.39 Å². The van der Waals surface area contributed by atoms with Gasteiger partial charge in [0.1, 0.15) is 23.6 Å². The maximum absolute atomic E-state index is 14.1. The van der Waals surface area contributed by atoms with Crippen LogP contribution in [0.1, 0.15) is 43.2 Å². The van der Waals surface area contributed by atoms with E-state index in [-0.39, 0.29) is 6.04 Å². The maximum atomic E-state index is 14.1. The predicted molar refractivity (Wildman–Crippen MR) is 99.7 cm³/mol. The molecule has 0 N–H and O–H groups in total. The Balaban J connectivity index is 1.38. The molecular weight excluding hydrogens is 345 g/mol. The molecule has 0 amide bonds. The van der Waals surface area contributed by atoms with E-state index in [1.165, 1.54) is 19.3 Å². The number of rotatable bonds is 6. The Labute approximate surface area is 159 Å². The molecule has 0 saturated carbocycles. The number of likely N-dealkylation sites (N-methyl/N-ethyl adjacent to an activating group) is 1. The molecule has 8 heteroatoms. The van der Waals surface area contributed by atoms with Gasteiger partial charge in [0.15, 0.2) is 0 Å². The van der Waals surface area contributed by atoms with Gasteiger partial charge < -0.3 is 4.57 Å². The van der Waals surface area contributed by atoms with Gasteiger partial charge >= 0.3 is 0 Å². The number of hydrogen-bond donors (Lipinski definition) is 0. The van der Waals surface area contributed by atoms with Gasteiger partial charge in [-0.1, -0.05) is 6.42 Å². The molecule has 0 unspecified atom stereocenters. The van der Waals surface area contributed by atoms with Crippen molar-refractivity contribution in [1.29, 1.82) is 0 Å². The number of likely N-dealkylation sites (tertiary alicyclic amines) is 1. The van der Waals surface area contributed by atoms with Gasteiger partial charge in [0.05, 0.1) is 13.1 Å². The molecular formula is C19H28FN7. The molecule has 2 atom stereocenters. The largest absolute Gasteiger partial charge is 0.314 e. The van der Waals surface area contributed by atoms with Crippen molar-refractivity contribution in [2.24, 2.45) is 0 Å². The molecule has 0 radical (unpaired) electrons. The lowest BCUT2D eigenvalue weighted by molar-refractivity contribution is 0.174. The molecule has 1 fully saturated rings. The molecule has 2 aliphatic heterocycles. The first-order valence-electron chi connectivity index (χ1n) is 9.92. The predicted octanol–water partition coefficient (Wildman–Crippen LogP) is 1.84. The Morgan fingerprint density at radius 1 is 1.19 bits per heavy atom. The average molecular weight is 373 g/mol. The van der Waals surface area contributed by atoms with E-state index >= 15 is 0 Å².